The van der Waals surface area contributed by atoms with Gasteiger partial charge in [0.25, 0.3) is 0 Å². The molecule has 8 heteroatoms. The van der Waals surface area contributed by atoms with Gasteiger partial charge < -0.3 is 9.53 Å². The molecule has 0 N–H and O–H groups in total. The van der Waals surface area contributed by atoms with E-state index < -0.39 is 23.8 Å². The number of allylic oxidation sites excluding steroid dienone is 1. The largest absolute Gasteiger partial charge is 0.443 e. The van der Waals surface area contributed by atoms with Crippen molar-refractivity contribution in [1.82, 2.24) is 9.91 Å². The Kier molecular flexibility index (Phi) is 3.91. The van der Waals surface area contributed by atoms with Gasteiger partial charge in [0, 0.05) is 18.3 Å². The Hall–Kier alpha value is -1.89. The number of aldehydes is 1. The van der Waals surface area contributed by atoms with Crippen LogP contribution in [0.5, 0.6) is 0 Å². The van der Waals surface area contributed by atoms with Crippen LogP contribution >= 0.6 is 11.6 Å². The highest BCUT2D eigenvalue weighted by Crippen LogP contribution is 2.37. The predicted molar refractivity (Wildman–Crippen MR) is 86.1 cm³/mol. The molecule has 2 unspecified atom stereocenters. The van der Waals surface area contributed by atoms with E-state index in [4.69, 9.17) is 16.3 Å². The first-order chi connectivity index (χ1) is 10.8. The highest BCUT2D eigenvalue weighted by Gasteiger charge is 2.44. The van der Waals surface area contributed by atoms with E-state index in [0.29, 0.717) is 5.82 Å². The number of hydrazone groups is 1. The van der Waals surface area contributed by atoms with Crippen molar-refractivity contribution in [2.75, 3.05) is 0 Å². The molecule has 0 aromatic carbocycles. The van der Waals surface area contributed by atoms with Crippen LogP contribution in [-0.2, 0) is 9.53 Å². The Labute approximate surface area is 139 Å². The lowest BCUT2D eigenvalue weighted by Gasteiger charge is -2.35. The average molecular weight is 339 g/mol. The number of hydrogen-bond acceptors (Lipinski definition) is 6. The smallest absolute Gasteiger partial charge is 0.416 e. The van der Waals surface area contributed by atoms with Gasteiger partial charge in [-0.05, 0) is 33.6 Å². The summed E-state index contributed by atoms with van der Waals surface area (Å²) in [6, 6.07) is 0.0600. The zero-order valence-electron chi connectivity index (χ0n) is 13.3. The minimum Gasteiger partial charge on any atom is -0.443 e. The van der Waals surface area contributed by atoms with Crippen LogP contribution < -0.4 is 0 Å². The van der Waals surface area contributed by atoms with E-state index in [0.717, 1.165) is 19.1 Å². The first kappa shape index (κ1) is 16.0. The minimum atomic E-state index is -0.601. The summed E-state index contributed by atoms with van der Waals surface area (Å²) in [5.74, 6) is 0.0273. The molecule has 3 rings (SSSR count). The standard InChI is InChI=1S/C15H19ClN4O3/c1-15(2,3)23-14(22)19(10-4-5-10)12-6-11(16)18-13-9(8-21)7-17-20(12)13/h6-10,13H,4-5H2,1-3H3. The summed E-state index contributed by atoms with van der Waals surface area (Å²) in [6.07, 6.45) is 4.69. The zero-order valence-corrected chi connectivity index (χ0v) is 14.0. The van der Waals surface area contributed by atoms with Crippen LogP contribution in [-0.4, -0.2) is 51.5 Å². The van der Waals surface area contributed by atoms with Crippen molar-refractivity contribution < 1.29 is 14.3 Å². The highest BCUT2D eigenvalue weighted by atomic mass is 35.5. The van der Waals surface area contributed by atoms with Gasteiger partial charge in [0.1, 0.15) is 22.9 Å². The van der Waals surface area contributed by atoms with Gasteiger partial charge in [-0.25, -0.2) is 14.8 Å². The number of carbonyl (C=O) groups excluding carboxylic acids is 2. The predicted octanol–water partition coefficient (Wildman–Crippen LogP) is 2.32. The molecule has 3 aliphatic rings. The number of carbonyl (C=O) groups is 2. The zero-order chi connectivity index (χ0) is 16.8. The van der Waals surface area contributed by atoms with Gasteiger partial charge in [-0.15, -0.1) is 0 Å². The van der Waals surface area contributed by atoms with Crippen LogP contribution in [0, 0.1) is 5.92 Å². The van der Waals surface area contributed by atoms with Crippen LogP contribution in [0.4, 0.5) is 4.79 Å². The lowest BCUT2D eigenvalue weighted by atomic mass is 10.1. The van der Waals surface area contributed by atoms with E-state index >= 15 is 0 Å². The highest BCUT2D eigenvalue weighted by molar-refractivity contribution is 6.68. The summed E-state index contributed by atoms with van der Waals surface area (Å²) in [7, 11) is 0. The van der Waals surface area contributed by atoms with Crippen molar-refractivity contribution in [3.05, 3.63) is 11.9 Å². The first-order valence-electron chi connectivity index (χ1n) is 7.56. The van der Waals surface area contributed by atoms with Gasteiger partial charge in [-0.1, -0.05) is 11.6 Å². The molecule has 2 aliphatic heterocycles. The maximum Gasteiger partial charge on any atom is 0.416 e. The number of rotatable bonds is 3. The van der Waals surface area contributed by atoms with E-state index in [1.807, 2.05) is 20.8 Å². The van der Waals surface area contributed by atoms with Crippen molar-refractivity contribution in [2.24, 2.45) is 16.0 Å². The van der Waals surface area contributed by atoms with Gasteiger partial charge in [-0.3, -0.25) is 4.90 Å². The molecule has 7 nitrogen and oxygen atoms in total. The molecule has 1 saturated carbocycles. The topological polar surface area (TPSA) is 74.6 Å². The molecule has 2 heterocycles. The molecule has 0 saturated heterocycles. The van der Waals surface area contributed by atoms with E-state index in [2.05, 4.69) is 10.1 Å². The molecular formula is C15H19ClN4O3. The van der Waals surface area contributed by atoms with Crippen LogP contribution in [0.1, 0.15) is 33.6 Å². The summed E-state index contributed by atoms with van der Waals surface area (Å²) < 4.78 is 5.51. The third-order valence-electron chi connectivity index (χ3n) is 3.60. The lowest BCUT2D eigenvalue weighted by molar-refractivity contribution is -0.110. The van der Waals surface area contributed by atoms with Crippen molar-refractivity contribution >= 4 is 35.4 Å². The first-order valence-corrected chi connectivity index (χ1v) is 7.94. The average Bonchev–Trinajstić information content (AvgIpc) is 3.16. The van der Waals surface area contributed by atoms with Crippen LogP contribution in [0.2, 0.25) is 0 Å². The Morgan fingerprint density at radius 2 is 2.17 bits per heavy atom. The Morgan fingerprint density at radius 3 is 2.74 bits per heavy atom. The minimum absolute atomic E-state index is 0.0600. The second kappa shape index (κ2) is 5.63. The van der Waals surface area contributed by atoms with Crippen molar-refractivity contribution in [3.8, 4) is 0 Å². The Balaban J connectivity index is 1.90. The molecule has 1 amide bonds. The van der Waals surface area contributed by atoms with Gasteiger partial charge in [0.2, 0.25) is 0 Å². The van der Waals surface area contributed by atoms with Crippen molar-refractivity contribution in [2.45, 2.75) is 51.4 Å². The fraction of sp³-hybridized carbons (Fsp3) is 0.600. The number of aliphatic imine (C=N–C) groups is 1. The SMILES string of the molecule is CC(C)(C)OC(=O)N(C1=CC(Cl)=NC2C(C=O)C=NN12)C1CC1. The van der Waals surface area contributed by atoms with Gasteiger partial charge in [0.05, 0.1) is 5.92 Å². The summed E-state index contributed by atoms with van der Waals surface area (Å²) in [4.78, 5) is 29.6. The maximum absolute atomic E-state index is 12.6. The molecule has 0 radical (unpaired) electrons. The number of amides is 1. The third kappa shape index (κ3) is 3.24. The fourth-order valence-corrected chi connectivity index (χ4v) is 2.69. The third-order valence-corrected chi connectivity index (χ3v) is 3.81. The second-order valence-corrected chi connectivity index (χ2v) is 7.16. The van der Waals surface area contributed by atoms with Crippen LogP contribution in [0.3, 0.4) is 0 Å². The summed E-state index contributed by atoms with van der Waals surface area (Å²) in [5, 5.41) is 6.04. The fourth-order valence-electron chi connectivity index (χ4n) is 2.49. The molecular weight excluding hydrogens is 320 g/mol. The lowest BCUT2D eigenvalue weighted by Crippen LogP contribution is -2.46. The maximum atomic E-state index is 12.6. The molecule has 0 aromatic rings. The van der Waals surface area contributed by atoms with Crippen molar-refractivity contribution in [1.29, 1.82) is 0 Å². The van der Waals surface area contributed by atoms with Gasteiger partial charge in [0.15, 0.2) is 6.17 Å². The molecule has 1 aliphatic carbocycles. The normalized spacial score (nSPS) is 26.3. The number of nitrogens with zero attached hydrogens (tertiary/aromatic N) is 4. The van der Waals surface area contributed by atoms with Crippen LogP contribution in [0.15, 0.2) is 22.0 Å². The number of hydrogen-bond donors (Lipinski definition) is 0. The summed E-state index contributed by atoms with van der Waals surface area (Å²) in [5.41, 5.74) is -0.601. The van der Waals surface area contributed by atoms with Crippen molar-refractivity contribution in [3.63, 3.8) is 0 Å². The molecule has 0 bridgehead atoms. The molecule has 23 heavy (non-hydrogen) atoms. The monoisotopic (exact) mass is 338 g/mol. The number of ether oxygens (including phenoxy) is 1. The molecule has 1 fully saturated rings. The molecule has 2 atom stereocenters. The van der Waals surface area contributed by atoms with E-state index in [1.165, 1.54) is 6.21 Å². The quantitative estimate of drug-likeness (QED) is 0.740. The molecule has 0 spiro atoms. The Morgan fingerprint density at radius 1 is 1.48 bits per heavy atom. The Bertz CT molecular complexity index is 619. The van der Waals surface area contributed by atoms with E-state index in [-0.39, 0.29) is 11.2 Å². The van der Waals surface area contributed by atoms with E-state index in [1.54, 1.807) is 16.0 Å². The van der Waals surface area contributed by atoms with Gasteiger partial charge in [-0.2, -0.15) is 5.10 Å². The van der Waals surface area contributed by atoms with E-state index in [9.17, 15) is 9.59 Å². The number of halogens is 1. The van der Waals surface area contributed by atoms with Crippen LogP contribution in [0.25, 0.3) is 0 Å². The van der Waals surface area contributed by atoms with Gasteiger partial charge >= 0.3 is 6.09 Å². The number of fused-ring (bicyclic) bond motifs is 1. The second-order valence-electron chi connectivity index (χ2n) is 6.77. The molecule has 124 valence electrons. The molecule has 0 aromatic heterocycles. The summed E-state index contributed by atoms with van der Waals surface area (Å²) >= 11 is 6.10. The summed E-state index contributed by atoms with van der Waals surface area (Å²) in [6.45, 7) is 5.46.